The maximum Gasteiger partial charge on any atom is 0.501 e. The van der Waals surface area contributed by atoms with Crippen molar-refractivity contribution in [2.24, 2.45) is 22.7 Å². The fourth-order valence-electron chi connectivity index (χ4n) is 14.3. The minimum atomic E-state index is -6.18. The summed E-state index contributed by atoms with van der Waals surface area (Å²) in [5.74, 6) is -3.45. The van der Waals surface area contributed by atoms with Crippen LogP contribution in [0.2, 0.25) is 0 Å². The zero-order valence-electron chi connectivity index (χ0n) is 57.3. The first-order valence-electron chi connectivity index (χ1n) is 34.3. The number of alkyl halides is 5. The van der Waals surface area contributed by atoms with Crippen LogP contribution in [0.4, 0.5) is 33.3 Å². The number of thioether (sulfide) groups is 1. The van der Waals surface area contributed by atoms with Gasteiger partial charge in [-0.2, -0.15) is 13.2 Å². The van der Waals surface area contributed by atoms with Gasteiger partial charge in [-0.3, -0.25) is 28.9 Å². The number of thiazole rings is 1. The molecule has 3 saturated heterocycles. The van der Waals surface area contributed by atoms with Crippen LogP contribution in [0.15, 0.2) is 141 Å². The Labute approximate surface area is 596 Å². The lowest BCUT2D eigenvalue weighted by atomic mass is 9.72. The third-order valence-corrected chi connectivity index (χ3v) is 25.2. The van der Waals surface area contributed by atoms with Crippen LogP contribution in [0.25, 0.3) is 10.4 Å². The van der Waals surface area contributed by atoms with Gasteiger partial charge in [0.05, 0.1) is 51.3 Å². The van der Waals surface area contributed by atoms with Crippen molar-refractivity contribution in [1.29, 1.82) is 0 Å². The Hall–Kier alpha value is -7.08. The van der Waals surface area contributed by atoms with Crippen molar-refractivity contribution in [2.45, 2.75) is 150 Å². The minimum absolute atomic E-state index is 0.0560. The number of piperazine rings is 1. The number of hydrogen-bond acceptors (Lipinski definition) is 17. The highest BCUT2D eigenvalue weighted by Gasteiger charge is 2.53. The predicted molar refractivity (Wildman–Crippen MR) is 381 cm³/mol. The molecule has 101 heavy (non-hydrogen) atoms. The van der Waals surface area contributed by atoms with Gasteiger partial charge in [-0.1, -0.05) is 74.0 Å². The highest BCUT2D eigenvalue weighted by atomic mass is 32.2. The van der Waals surface area contributed by atoms with Crippen LogP contribution < -0.4 is 25.6 Å². The number of aromatic nitrogens is 1. The average molecular weight is 1480 g/mol. The van der Waals surface area contributed by atoms with E-state index < -0.39 is 77.2 Å². The van der Waals surface area contributed by atoms with Crippen molar-refractivity contribution in [1.82, 2.24) is 35.0 Å². The van der Waals surface area contributed by atoms with E-state index in [-0.39, 0.29) is 95.9 Å². The number of benzene rings is 4. The second kappa shape index (κ2) is 32.7. The maximum atomic E-state index is 14.5. The van der Waals surface area contributed by atoms with E-state index in [4.69, 9.17) is 0 Å². The van der Waals surface area contributed by atoms with E-state index in [1.165, 1.54) is 35.0 Å². The number of allylic oxidation sites excluding steroid dienone is 2. The summed E-state index contributed by atoms with van der Waals surface area (Å²) in [5.41, 5.74) is 1.40. The van der Waals surface area contributed by atoms with Gasteiger partial charge in [0, 0.05) is 118 Å². The zero-order valence-corrected chi connectivity index (χ0v) is 60.6. The molecule has 0 bridgehead atoms. The van der Waals surface area contributed by atoms with E-state index in [2.05, 4.69) is 56.1 Å². The molecule has 4 heterocycles. The van der Waals surface area contributed by atoms with E-state index in [0.29, 0.717) is 90.7 Å². The number of amides is 4. The van der Waals surface area contributed by atoms with Gasteiger partial charge in [-0.15, -0.1) is 23.1 Å². The number of aryl methyl sites for hydroxylation is 1. The van der Waals surface area contributed by atoms with E-state index in [1.54, 1.807) is 33.9 Å². The number of Topliss-reactive ketones (excluding diaryl/α,β-unsaturated/α-hetero) is 1. The van der Waals surface area contributed by atoms with E-state index in [0.717, 1.165) is 70.2 Å². The monoisotopic (exact) mass is 1480 g/mol. The molecule has 4 fully saturated rings. The molecule has 546 valence electrons. The van der Waals surface area contributed by atoms with Crippen LogP contribution in [0.3, 0.4) is 0 Å². The Bertz CT molecular complexity index is 4060. The predicted octanol–water partition coefficient (Wildman–Crippen LogP) is 11.4. The molecule has 19 nitrogen and oxygen atoms in total. The molecule has 5 aliphatic rings. The lowest BCUT2D eigenvalue weighted by molar-refractivity contribution is -0.159. The number of nitrogens with zero attached hydrogens (tertiary/aromatic N) is 5. The van der Waals surface area contributed by atoms with Gasteiger partial charge >= 0.3 is 5.51 Å². The molecule has 1 aromatic heterocycles. The van der Waals surface area contributed by atoms with Gasteiger partial charge in [0.2, 0.25) is 17.7 Å². The number of nitrogens with one attached hydrogen (secondary N) is 4. The van der Waals surface area contributed by atoms with Crippen LogP contribution in [-0.4, -0.2) is 173 Å². The lowest BCUT2D eigenvalue weighted by Gasteiger charge is -2.60. The number of anilines is 2. The van der Waals surface area contributed by atoms with E-state index >= 15 is 0 Å². The van der Waals surface area contributed by atoms with E-state index in [1.807, 2.05) is 73.2 Å². The van der Waals surface area contributed by atoms with Gasteiger partial charge in [-0.05, 0) is 155 Å². The normalized spacial score (nSPS) is 20.0. The second-order valence-corrected chi connectivity index (χ2v) is 34.0. The Morgan fingerprint density at radius 3 is 2.18 bits per heavy atom. The fourth-order valence-corrected chi connectivity index (χ4v) is 18.2. The number of sulfonamides is 1. The first kappa shape index (κ1) is 76.6. The molecule has 5 aromatic rings. The number of aliphatic hydroxyl groups is 1. The van der Waals surface area contributed by atoms with Crippen LogP contribution in [0.1, 0.15) is 125 Å². The highest BCUT2D eigenvalue weighted by molar-refractivity contribution is 7.99. The Balaban J connectivity index is 0.671. The molecular weight excluding hydrogens is 1390 g/mol. The number of likely N-dealkylation sites (tertiary alicyclic amines) is 2. The summed E-state index contributed by atoms with van der Waals surface area (Å²) in [6.07, 6.45) is 1.87. The Kier molecular flexibility index (Phi) is 24.8. The molecule has 10 rings (SSSR count). The molecule has 5 atom stereocenters. The number of aliphatic hydroxyl groups excluding tert-OH is 1. The molecule has 1 saturated carbocycles. The molecule has 5 N–H and O–H groups in total. The van der Waals surface area contributed by atoms with Crippen LogP contribution in [0.5, 0.6) is 0 Å². The lowest BCUT2D eigenvalue weighted by Crippen LogP contribution is -2.72. The number of carbonyl (C=O) groups is 5. The first-order chi connectivity index (χ1) is 47.8. The highest BCUT2D eigenvalue weighted by Crippen LogP contribution is 2.44. The standard InChI is InChI=1S/C73H90F5N9O10S4/c1-47(68(74)75)15-16-53-38-71(4,5)29-27-54(53)40-84-31-33-86(34-32-84)56-23-21-52(22-24-56)69(92)83-101(96,97)59-25-26-62(64(37-59)100(94,95)73(76,77)78)82-55(41-98-58-11-7-6-8-12-58)28-30-85-42-72(43-85)44-87(45-72)66(91)14-10-9-13-65(90)79-39-63(89)60-35-57(88)36-61(60)70(93)81-48(2)50-17-19-51(20-18-50)67-49(3)80-46-99-67/h6-8,11-12,17-26,37,46,48,55,57,60-61,68,82,88H,1,9-10,13-16,27-36,38-45H2,2-5H3,(H,79,90)(H,81,93)(H,83,92)/t48-,55+,57-,60?,61+/m0/s1. The number of rotatable bonds is 31. The van der Waals surface area contributed by atoms with Crippen molar-refractivity contribution < 1.29 is 67.9 Å². The van der Waals surface area contributed by atoms with Gasteiger partial charge in [-0.25, -0.2) is 35.3 Å². The second-order valence-electron chi connectivity index (χ2n) is 28.5. The van der Waals surface area contributed by atoms with Crippen molar-refractivity contribution in [3.8, 4) is 10.4 Å². The van der Waals surface area contributed by atoms with Crippen molar-refractivity contribution in [2.75, 3.05) is 88.0 Å². The molecule has 0 radical (unpaired) electrons. The van der Waals surface area contributed by atoms with Gasteiger partial charge < -0.3 is 35.8 Å². The summed E-state index contributed by atoms with van der Waals surface area (Å²) in [6, 6.07) is 24.5. The van der Waals surface area contributed by atoms with Crippen LogP contribution in [0, 0.1) is 29.6 Å². The zero-order chi connectivity index (χ0) is 72.6. The topological polar surface area (TPSA) is 248 Å². The van der Waals surface area contributed by atoms with Gasteiger partial charge in [0.25, 0.3) is 32.2 Å². The van der Waals surface area contributed by atoms with Crippen molar-refractivity contribution in [3.05, 3.63) is 143 Å². The van der Waals surface area contributed by atoms with Crippen molar-refractivity contribution in [3.63, 3.8) is 0 Å². The SMILES string of the molecule is C=C(CCC1=C(CN2CCN(c3ccc(C(=O)NS(=O)(=O)c4ccc(N[C@H](CCN5CC6(C5)CN(C(=O)CCCCC(=O)NCC(=O)C5C[C@H](O)C[C@H]5C(=O)N[C@@H](C)c5ccc(-c7scnc7C)cc5)C6)CSc5ccccc5)c(S(=O)(=O)C(F)(F)F)c4)cc3)CC2)CCC(C)(C)C1)C(F)F. The Morgan fingerprint density at radius 1 is 0.832 bits per heavy atom. The fraction of sp³-hybridized carbons (Fsp3) is 0.507. The largest absolute Gasteiger partial charge is 0.501 e. The first-order valence-corrected chi connectivity index (χ1v) is 39.2. The minimum Gasteiger partial charge on any atom is -0.393 e. The summed E-state index contributed by atoms with van der Waals surface area (Å²) < 4.78 is 126. The van der Waals surface area contributed by atoms with E-state index in [9.17, 15) is 67.9 Å². The number of sulfone groups is 1. The summed E-state index contributed by atoms with van der Waals surface area (Å²) in [6.45, 7) is 17.7. The summed E-state index contributed by atoms with van der Waals surface area (Å²) in [7, 11) is -11.1. The number of unbranched alkanes of at least 4 members (excludes halogenated alkanes) is 1. The quantitative estimate of drug-likeness (QED) is 0.0120. The molecule has 1 spiro atoms. The molecule has 4 aromatic carbocycles. The summed E-state index contributed by atoms with van der Waals surface area (Å²) in [4.78, 5) is 78.9. The summed E-state index contributed by atoms with van der Waals surface area (Å²) >= 11 is 2.94. The van der Waals surface area contributed by atoms with Crippen LogP contribution in [-0.2, 0) is 39.0 Å². The third kappa shape index (κ3) is 19.6. The third-order valence-electron chi connectivity index (χ3n) is 20.2. The smallest absolute Gasteiger partial charge is 0.393 e. The summed E-state index contributed by atoms with van der Waals surface area (Å²) in [5, 5.41) is 19.2. The molecule has 28 heteroatoms. The van der Waals surface area contributed by atoms with Gasteiger partial charge in [0.15, 0.2) is 5.78 Å². The Morgan fingerprint density at radius 2 is 1.51 bits per heavy atom. The number of ketones is 1. The maximum absolute atomic E-state index is 14.5. The average Bonchev–Trinajstić information content (AvgIpc) is 0.807. The van der Waals surface area contributed by atoms with Crippen molar-refractivity contribution >= 4 is 83.7 Å². The molecular formula is C73H90F5N9O10S4. The molecule has 4 amide bonds. The van der Waals surface area contributed by atoms with Crippen LogP contribution >= 0.6 is 23.1 Å². The molecule has 2 aliphatic carbocycles. The molecule has 3 aliphatic heterocycles. The van der Waals surface area contributed by atoms with Gasteiger partial charge in [0.1, 0.15) is 4.90 Å². The number of carbonyl (C=O) groups excluding carboxylic acids is 5. The number of halogens is 5. The molecule has 1 unspecified atom stereocenters. The number of hydrogen-bond donors (Lipinski definition) is 5.